The zero-order chi connectivity index (χ0) is 12.9. The number of hydrogen-bond acceptors (Lipinski definition) is 4. The lowest BCUT2D eigenvalue weighted by atomic mass is 10.1. The third-order valence-electron chi connectivity index (χ3n) is 2.36. The van der Waals surface area contributed by atoms with Gasteiger partial charge in [-0.15, -0.1) is 0 Å². The minimum absolute atomic E-state index is 0.0733. The van der Waals surface area contributed by atoms with Gasteiger partial charge in [0, 0.05) is 17.4 Å². The van der Waals surface area contributed by atoms with Gasteiger partial charge in [0.1, 0.15) is 0 Å². The monoisotopic (exact) mass is 278 g/mol. The molecule has 0 spiro atoms. The number of carbonyl (C=O) groups excluding carboxylic acids is 1. The summed E-state index contributed by atoms with van der Waals surface area (Å²) in [7, 11) is 5.49. The van der Waals surface area contributed by atoms with E-state index < -0.39 is 0 Å². The van der Waals surface area contributed by atoms with Gasteiger partial charge in [0.25, 0.3) is 0 Å². The summed E-state index contributed by atoms with van der Waals surface area (Å²) in [6.07, 6.45) is 7.93. The van der Waals surface area contributed by atoms with Crippen LogP contribution in [0.4, 0.5) is 0 Å². The fourth-order valence-corrected chi connectivity index (χ4v) is 4.51. The van der Waals surface area contributed by atoms with Crippen molar-refractivity contribution < 1.29 is 9.53 Å². The molecule has 0 aliphatic carbocycles. The molecule has 4 heteroatoms. The summed E-state index contributed by atoms with van der Waals surface area (Å²) in [5.74, 6) is 1.24. The molecule has 2 nitrogen and oxygen atoms in total. The van der Waals surface area contributed by atoms with Gasteiger partial charge < -0.3 is 4.74 Å². The van der Waals surface area contributed by atoms with Gasteiger partial charge in [-0.05, 0) is 19.3 Å². The molecule has 0 saturated carbocycles. The van der Waals surface area contributed by atoms with Crippen LogP contribution in [0.5, 0.6) is 0 Å². The Morgan fingerprint density at radius 2 is 2.00 bits per heavy atom. The maximum absolute atomic E-state index is 10.8. The van der Waals surface area contributed by atoms with Crippen LogP contribution < -0.4 is 0 Å². The highest BCUT2D eigenvalue weighted by Gasteiger charge is 2.15. The lowest BCUT2D eigenvalue weighted by Gasteiger charge is -2.05. The van der Waals surface area contributed by atoms with E-state index in [-0.39, 0.29) is 5.97 Å². The number of rotatable bonds is 6. The van der Waals surface area contributed by atoms with E-state index in [4.69, 9.17) is 0 Å². The molecule has 102 valence electrons. The van der Waals surface area contributed by atoms with E-state index >= 15 is 0 Å². The lowest BCUT2D eigenvalue weighted by molar-refractivity contribution is -0.140. The number of carbonyl (C=O) groups is 1. The maximum Gasteiger partial charge on any atom is 0.305 e. The summed E-state index contributed by atoms with van der Waals surface area (Å²) in [5.41, 5.74) is 0. The van der Waals surface area contributed by atoms with Crippen LogP contribution in [0, 0.1) is 0 Å². The number of unbranched alkanes of at least 4 members (excludes halogenated alkanes) is 2. The molecule has 0 aromatic heterocycles. The second-order valence-electron chi connectivity index (χ2n) is 4.21. The van der Waals surface area contributed by atoms with E-state index in [1.54, 1.807) is 0 Å². The van der Waals surface area contributed by atoms with Crippen LogP contribution in [-0.2, 0) is 9.53 Å². The second kappa shape index (κ2) is 12.6. The standard InChI is InChI=1S/C10H18O2S2.C3H8/c1-12-10(11)6-4-2-3-5-9-7-8-13-14-9;1-3-2/h9H,2-8H2,1H3;3H2,1-2H3. The Morgan fingerprint density at radius 1 is 1.29 bits per heavy atom. The van der Waals surface area contributed by atoms with Crippen LogP contribution in [0.15, 0.2) is 0 Å². The Bertz CT molecular complexity index is 180. The summed E-state index contributed by atoms with van der Waals surface area (Å²) in [6.45, 7) is 4.25. The van der Waals surface area contributed by atoms with Crippen LogP contribution in [0.1, 0.15) is 58.8 Å². The molecule has 0 radical (unpaired) electrons. The summed E-state index contributed by atoms with van der Waals surface area (Å²) in [6, 6.07) is 0. The van der Waals surface area contributed by atoms with Crippen molar-refractivity contribution in [3.8, 4) is 0 Å². The molecular weight excluding hydrogens is 252 g/mol. The van der Waals surface area contributed by atoms with Crippen LogP contribution in [0.25, 0.3) is 0 Å². The topological polar surface area (TPSA) is 26.3 Å². The average molecular weight is 278 g/mol. The van der Waals surface area contributed by atoms with Crippen molar-refractivity contribution in [2.24, 2.45) is 0 Å². The maximum atomic E-state index is 10.8. The highest BCUT2D eigenvalue weighted by atomic mass is 33.1. The Hall–Kier alpha value is 0.170. The highest BCUT2D eigenvalue weighted by molar-refractivity contribution is 8.77. The van der Waals surface area contributed by atoms with Crippen molar-refractivity contribution in [3.05, 3.63) is 0 Å². The molecule has 1 heterocycles. The van der Waals surface area contributed by atoms with E-state index in [1.807, 2.05) is 21.6 Å². The van der Waals surface area contributed by atoms with E-state index in [9.17, 15) is 4.79 Å². The first-order valence-electron chi connectivity index (χ1n) is 6.59. The van der Waals surface area contributed by atoms with Crippen molar-refractivity contribution in [1.29, 1.82) is 0 Å². The van der Waals surface area contributed by atoms with E-state index in [0.717, 1.165) is 18.1 Å². The van der Waals surface area contributed by atoms with Crippen molar-refractivity contribution in [3.63, 3.8) is 0 Å². The fraction of sp³-hybridized carbons (Fsp3) is 0.923. The van der Waals surface area contributed by atoms with E-state index in [0.29, 0.717) is 6.42 Å². The molecule has 17 heavy (non-hydrogen) atoms. The van der Waals surface area contributed by atoms with Crippen LogP contribution in [-0.4, -0.2) is 24.1 Å². The fourth-order valence-electron chi connectivity index (χ4n) is 1.48. The Balaban J connectivity index is 0.000000770. The van der Waals surface area contributed by atoms with Gasteiger partial charge in [-0.25, -0.2) is 0 Å². The lowest BCUT2D eigenvalue weighted by Crippen LogP contribution is -2.00. The molecule has 0 aromatic rings. The Labute approximate surface area is 114 Å². The van der Waals surface area contributed by atoms with E-state index in [2.05, 4.69) is 18.6 Å². The molecule has 1 aliphatic rings. The van der Waals surface area contributed by atoms with Crippen LogP contribution >= 0.6 is 21.6 Å². The Kier molecular flexibility index (Phi) is 12.7. The zero-order valence-electron chi connectivity index (χ0n) is 11.4. The third-order valence-corrected chi connectivity index (χ3v) is 5.37. The molecule has 0 bridgehead atoms. The van der Waals surface area contributed by atoms with Gasteiger partial charge in [0.15, 0.2) is 0 Å². The molecule has 1 rings (SSSR count). The van der Waals surface area contributed by atoms with Gasteiger partial charge in [0.2, 0.25) is 0 Å². The normalized spacial score (nSPS) is 18.4. The summed E-state index contributed by atoms with van der Waals surface area (Å²) < 4.78 is 4.58. The summed E-state index contributed by atoms with van der Waals surface area (Å²) in [4.78, 5) is 10.8. The predicted molar refractivity (Wildman–Crippen MR) is 79.5 cm³/mol. The number of esters is 1. The first kappa shape index (κ1) is 17.2. The van der Waals surface area contributed by atoms with Gasteiger partial charge in [-0.1, -0.05) is 54.7 Å². The first-order chi connectivity index (χ1) is 8.24. The summed E-state index contributed by atoms with van der Waals surface area (Å²) >= 11 is 0. The molecule has 1 atom stereocenters. The number of hydrogen-bond donors (Lipinski definition) is 0. The molecule has 1 fully saturated rings. The predicted octanol–water partition coefficient (Wildman–Crippen LogP) is 4.68. The molecule has 1 saturated heterocycles. The van der Waals surface area contributed by atoms with Crippen molar-refractivity contribution >= 4 is 27.6 Å². The minimum Gasteiger partial charge on any atom is -0.469 e. The van der Waals surface area contributed by atoms with Gasteiger partial charge in [-0.3, -0.25) is 4.79 Å². The molecule has 0 aromatic carbocycles. The molecule has 1 unspecified atom stereocenters. The van der Waals surface area contributed by atoms with Crippen molar-refractivity contribution in [2.75, 3.05) is 12.9 Å². The SMILES string of the molecule is CCC.COC(=O)CCCCCC1CCSS1. The molecule has 0 amide bonds. The van der Waals surface area contributed by atoms with Gasteiger partial charge in [0.05, 0.1) is 7.11 Å². The molecular formula is C13H26O2S2. The van der Waals surface area contributed by atoms with Crippen molar-refractivity contribution in [1.82, 2.24) is 0 Å². The van der Waals surface area contributed by atoms with Gasteiger partial charge in [-0.2, -0.15) is 0 Å². The van der Waals surface area contributed by atoms with Gasteiger partial charge >= 0.3 is 5.97 Å². The average Bonchev–Trinajstić information content (AvgIpc) is 2.82. The largest absolute Gasteiger partial charge is 0.469 e. The first-order valence-corrected chi connectivity index (χ1v) is 8.97. The van der Waals surface area contributed by atoms with Crippen molar-refractivity contribution in [2.45, 2.75) is 64.0 Å². The quantitative estimate of drug-likeness (QED) is 0.400. The molecule has 0 N–H and O–H groups in total. The summed E-state index contributed by atoms with van der Waals surface area (Å²) in [5, 5.41) is 0.873. The second-order valence-corrected chi connectivity index (χ2v) is 7.00. The number of ether oxygens (including phenoxy) is 1. The zero-order valence-corrected chi connectivity index (χ0v) is 13.0. The Morgan fingerprint density at radius 3 is 2.53 bits per heavy atom. The van der Waals surface area contributed by atoms with Crippen LogP contribution in [0.3, 0.4) is 0 Å². The minimum atomic E-state index is -0.0733. The highest BCUT2D eigenvalue weighted by Crippen LogP contribution is 2.39. The van der Waals surface area contributed by atoms with Crippen LogP contribution in [0.2, 0.25) is 0 Å². The third kappa shape index (κ3) is 11.0. The smallest absolute Gasteiger partial charge is 0.305 e. The number of methoxy groups -OCH3 is 1. The van der Waals surface area contributed by atoms with E-state index in [1.165, 1.54) is 38.5 Å². The molecule has 1 aliphatic heterocycles.